The molecule has 1 aliphatic heterocycles. The fraction of sp³-hybridized carbons (Fsp3) is 0.278. The first-order chi connectivity index (χ1) is 11.5. The van der Waals surface area contributed by atoms with E-state index in [0.29, 0.717) is 0 Å². The molecule has 1 saturated carbocycles. The molecule has 4 rings (SSSR count). The summed E-state index contributed by atoms with van der Waals surface area (Å²) in [6.45, 7) is 0. The number of nitrogens with two attached hydrogens (primary N) is 1. The average molecular weight is 385 g/mol. The quantitative estimate of drug-likeness (QED) is 0.883. The fourth-order valence-electron chi connectivity index (χ4n) is 3.33. The van der Waals surface area contributed by atoms with Crippen LogP contribution < -0.4 is 5.73 Å². The Hall–Kier alpha value is -2.21. The van der Waals surface area contributed by atoms with Gasteiger partial charge in [0.1, 0.15) is 0 Å². The van der Waals surface area contributed by atoms with Gasteiger partial charge in [-0.2, -0.15) is 0 Å². The zero-order valence-electron chi connectivity index (χ0n) is 13.2. The van der Waals surface area contributed by atoms with Gasteiger partial charge in [0.15, 0.2) is 11.5 Å². The number of likely N-dealkylation sites (N-methyl/N-ethyl adjacent to an activating group) is 1. The number of aromatic nitrogens is 1. The fourth-order valence-corrected chi connectivity index (χ4v) is 3.67. The van der Waals surface area contributed by atoms with Gasteiger partial charge in [-0.15, -0.1) is 0 Å². The molecule has 1 amide bonds. The highest BCUT2D eigenvalue weighted by atomic mass is 79.9. The molecular weight excluding hydrogens is 368 g/mol. The summed E-state index contributed by atoms with van der Waals surface area (Å²) in [6.07, 6.45) is 3.75. The van der Waals surface area contributed by atoms with E-state index in [2.05, 4.69) is 25.9 Å². The molecule has 0 spiro atoms. The SMILES string of the molecule is CN1C(=O)C(c2cccc(-c3cc(Br)ccn3)c2)(C2CC2)N=C1N. The van der Waals surface area contributed by atoms with Gasteiger partial charge >= 0.3 is 0 Å². The van der Waals surface area contributed by atoms with Crippen LogP contribution in [-0.4, -0.2) is 28.8 Å². The summed E-state index contributed by atoms with van der Waals surface area (Å²) in [5.41, 5.74) is 7.79. The number of nitrogens with zero attached hydrogens (tertiary/aromatic N) is 3. The van der Waals surface area contributed by atoms with E-state index in [1.54, 1.807) is 13.2 Å². The molecule has 1 fully saturated rings. The van der Waals surface area contributed by atoms with Gasteiger partial charge in [-0.1, -0.05) is 34.1 Å². The Balaban J connectivity index is 1.84. The Morgan fingerprint density at radius 3 is 2.71 bits per heavy atom. The highest BCUT2D eigenvalue weighted by Crippen LogP contribution is 2.51. The Labute approximate surface area is 148 Å². The van der Waals surface area contributed by atoms with Crippen molar-refractivity contribution in [2.45, 2.75) is 18.4 Å². The second kappa shape index (κ2) is 5.41. The molecule has 1 aromatic carbocycles. The second-order valence-corrected chi connectivity index (χ2v) is 7.23. The van der Waals surface area contributed by atoms with Crippen molar-refractivity contribution in [2.24, 2.45) is 16.6 Å². The van der Waals surface area contributed by atoms with Crippen LogP contribution in [0.1, 0.15) is 18.4 Å². The lowest BCUT2D eigenvalue weighted by Crippen LogP contribution is -2.41. The Morgan fingerprint density at radius 1 is 1.29 bits per heavy atom. The third-order valence-corrected chi connectivity index (χ3v) is 5.25. The van der Waals surface area contributed by atoms with Crippen molar-refractivity contribution in [3.63, 3.8) is 0 Å². The summed E-state index contributed by atoms with van der Waals surface area (Å²) in [5, 5.41) is 0. The van der Waals surface area contributed by atoms with Crippen LogP contribution in [0.4, 0.5) is 0 Å². The van der Waals surface area contributed by atoms with E-state index in [-0.39, 0.29) is 17.8 Å². The standard InChI is InChI=1S/C18H17BrN4O/c1-23-16(24)18(12-5-6-12,22-17(23)20)13-4-2-3-11(9-13)15-10-14(19)7-8-21-15/h2-4,7-10,12H,5-6H2,1H3,(H2,20,22). The molecule has 1 aliphatic carbocycles. The molecule has 2 aromatic rings. The highest BCUT2D eigenvalue weighted by molar-refractivity contribution is 9.10. The Bertz CT molecular complexity index is 862. The van der Waals surface area contributed by atoms with E-state index in [4.69, 9.17) is 5.73 Å². The predicted octanol–water partition coefficient (Wildman–Crippen LogP) is 2.90. The molecule has 6 heteroatoms. The van der Waals surface area contributed by atoms with E-state index >= 15 is 0 Å². The van der Waals surface area contributed by atoms with Crippen molar-refractivity contribution in [3.8, 4) is 11.3 Å². The normalized spacial score (nSPS) is 23.5. The van der Waals surface area contributed by atoms with Crippen LogP contribution in [-0.2, 0) is 10.3 Å². The Kier molecular flexibility index (Phi) is 3.46. The summed E-state index contributed by atoms with van der Waals surface area (Å²) >= 11 is 3.47. The number of benzene rings is 1. The third kappa shape index (κ3) is 2.24. The number of hydrogen-bond acceptors (Lipinski definition) is 4. The van der Waals surface area contributed by atoms with Crippen molar-refractivity contribution in [1.29, 1.82) is 0 Å². The molecular formula is C18H17BrN4O. The largest absolute Gasteiger partial charge is 0.369 e. The van der Waals surface area contributed by atoms with Gasteiger partial charge in [-0.3, -0.25) is 14.7 Å². The lowest BCUT2D eigenvalue weighted by Gasteiger charge is -2.25. The number of guanidine groups is 1. The summed E-state index contributed by atoms with van der Waals surface area (Å²) in [4.78, 5) is 23.4. The second-order valence-electron chi connectivity index (χ2n) is 6.31. The predicted molar refractivity (Wildman–Crippen MR) is 96.2 cm³/mol. The number of rotatable bonds is 3. The van der Waals surface area contributed by atoms with Gasteiger partial charge in [0.2, 0.25) is 0 Å². The maximum Gasteiger partial charge on any atom is 0.261 e. The van der Waals surface area contributed by atoms with Gasteiger partial charge in [0.25, 0.3) is 5.91 Å². The van der Waals surface area contributed by atoms with Crippen molar-refractivity contribution in [2.75, 3.05) is 7.05 Å². The molecule has 2 heterocycles. The molecule has 0 bridgehead atoms. The number of halogens is 1. The Morgan fingerprint density at radius 2 is 2.08 bits per heavy atom. The summed E-state index contributed by atoms with van der Waals surface area (Å²) < 4.78 is 0.966. The van der Waals surface area contributed by atoms with Crippen molar-refractivity contribution >= 4 is 27.8 Å². The van der Waals surface area contributed by atoms with Gasteiger partial charge in [0, 0.05) is 23.3 Å². The van der Waals surface area contributed by atoms with Crippen LogP contribution >= 0.6 is 15.9 Å². The lowest BCUT2D eigenvalue weighted by atomic mass is 9.84. The number of aliphatic imine (C=N–C) groups is 1. The number of pyridine rings is 1. The summed E-state index contributed by atoms with van der Waals surface area (Å²) in [5.74, 6) is 0.471. The molecule has 2 aliphatic rings. The molecule has 0 radical (unpaired) electrons. The highest BCUT2D eigenvalue weighted by Gasteiger charge is 2.57. The topological polar surface area (TPSA) is 71.6 Å². The molecule has 1 atom stereocenters. The first-order valence-electron chi connectivity index (χ1n) is 7.88. The third-order valence-electron chi connectivity index (χ3n) is 4.75. The maximum atomic E-state index is 12.9. The van der Waals surface area contributed by atoms with E-state index < -0.39 is 5.54 Å². The average Bonchev–Trinajstić information content (AvgIpc) is 3.40. The van der Waals surface area contributed by atoms with Gasteiger partial charge in [-0.05, 0) is 42.5 Å². The first kappa shape index (κ1) is 15.3. The smallest absolute Gasteiger partial charge is 0.261 e. The van der Waals surface area contributed by atoms with Gasteiger partial charge in [0.05, 0.1) is 5.69 Å². The zero-order valence-corrected chi connectivity index (χ0v) is 14.8. The number of hydrogen-bond donors (Lipinski definition) is 1. The minimum atomic E-state index is -0.874. The van der Waals surface area contributed by atoms with Crippen molar-refractivity contribution < 1.29 is 4.79 Å². The van der Waals surface area contributed by atoms with E-state index in [1.165, 1.54) is 4.90 Å². The first-order valence-corrected chi connectivity index (χ1v) is 8.67. The molecule has 0 saturated heterocycles. The van der Waals surface area contributed by atoms with E-state index in [9.17, 15) is 4.79 Å². The van der Waals surface area contributed by atoms with Crippen LogP contribution in [0.3, 0.4) is 0 Å². The lowest BCUT2D eigenvalue weighted by molar-refractivity contribution is -0.131. The molecule has 2 N–H and O–H groups in total. The monoisotopic (exact) mass is 384 g/mol. The van der Waals surface area contributed by atoms with Crippen molar-refractivity contribution in [1.82, 2.24) is 9.88 Å². The minimum absolute atomic E-state index is 0.0400. The molecule has 24 heavy (non-hydrogen) atoms. The van der Waals surface area contributed by atoms with E-state index in [0.717, 1.165) is 34.1 Å². The number of carbonyl (C=O) groups excluding carboxylic acids is 1. The summed E-state index contributed by atoms with van der Waals surface area (Å²) in [7, 11) is 1.69. The van der Waals surface area contributed by atoms with Crippen LogP contribution in [0.5, 0.6) is 0 Å². The van der Waals surface area contributed by atoms with Crippen LogP contribution in [0.15, 0.2) is 52.1 Å². The zero-order chi connectivity index (χ0) is 16.9. The van der Waals surface area contributed by atoms with Gasteiger partial charge < -0.3 is 5.73 Å². The van der Waals surface area contributed by atoms with E-state index in [1.807, 2.05) is 36.4 Å². The number of carbonyl (C=O) groups is 1. The van der Waals surface area contributed by atoms with Crippen LogP contribution in [0.2, 0.25) is 0 Å². The summed E-state index contributed by atoms with van der Waals surface area (Å²) in [6, 6.07) is 11.8. The molecule has 1 aromatic heterocycles. The molecule has 122 valence electrons. The molecule has 5 nitrogen and oxygen atoms in total. The van der Waals surface area contributed by atoms with Crippen LogP contribution in [0, 0.1) is 5.92 Å². The van der Waals surface area contributed by atoms with Crippen LogP contribution in [0.25, 0.3) is 11.3 Å². The van der Waals surface area contributed by atoms with Gasteiger partial charge in [-0.25, -0.2) is 4.99 Å². The minimum Gasteiger partial charge on any atom is -0.369 e. The number of amides is 1. The molecule has 1 unspecified atom stereocenters. The van der Waals surface area contributed by atoms with Crippen molar-refractivity contribution in [3.05, 3.63) is 52.6 Å². The maximum absolute atomic E-state index is 12.9.